The summed E-state index contributed by atoms with van der Waals surface area (Å²) in [5, 5.41) is 28.8. The van der Waals surface area contributed by atoms with Gasteiger partial charge >= 0.3 is 0 Å². The van der Waals surface area contributed by atoms with Crippen LogP contribution in [0, 0.1) is 13.8 Å². The number of phenolic OH excluding ortho intramolecular Hbond substituents is 2. The molecule has 0 saturated carbocycles. The molecule has 2 atom stereocenters. The Kier molecular flexibility index (Phi) is 9.92. The average Bonchev–Trinajstić information content (AvgIpc) is 3.80. The van der Waals surface area contributed by atoms with E-state index in [2.05, 4.69) is 110 Å². The van der Waals surface area contributed by atoms with Gasteiger partial charge in [0, 0.05) is 43.8 Å². The summed E-state index contributed by atoms with van der Waals surface area (Å²) in [6.45, 7) is 8.30. The number of nitrogens with zero attached hydrogens (tertiary/aromatic N) is 2. The van der Waals surface area contributed by atoms with E-state index in [-0.39, 0.29) is 23.7 Å². The van der Waals surface area contributed by atoms with Gasteiger partial charge in [0.2, 0.25) is 0 Å². The van der Waals surface area contributed by atoms with E-state index in [1.54, 1.807) is 0 Å². The molecular formula is C56H48N2O4. The van der Waals surface area contributed by atoms with Crippen LogP contribution in [0.25, 0.3) is 77.2 Å². The summed E-state index contributed by atoms with van der Waals surface area (Å²) >= 11 is 0. The second-order valence-electron chi connectivity index (χ2n) is 16.5. The van der Waals surface area contributed by atoms with Crippen LogP contribution < -0.4 is 9.47 Å². The van der Waals surface area contributed by atoms with Crippen LogP contribution in [0.1, 0.15) is 37.8 Å². The first-order valence-electron chi connectivity index (χ1n) is 21.4. The third-order valence-electron chi connectivity index (χ3n) is 12.1. The fourth-order valence-electron chi connectivity index (χ4n) is 9.24. The maximum absolute atomic E-state index is 12.1. The SMILES string of the molecule is Cc1cc(-c2ccccc2OC(C)CC[C@@H](C)Oc2ccccc2-c2cc(C)cc(-n3c4ccccc4c4ccccc43)c2O)c(O)c(-n2c3ccccc3c3ccccc32)c1. The van der Waals surface area contributed by atoms with Crippen molar-refractivity contribution in [3.8, 4) is 56.6 Å². The summed E-state index contributed by atoms with van der Waals surface area (Å²) in [4.78, 5) is 0. The van der Waals surface area contributed by atoms with E-state index in [4.69, 9.17) is 9.47 Å². The van der Waals surface area contributed by atoms with Gasteiger partial charge in [0.15, 0.2) is 0 Å². The number of ether oxygens (including phenoxy) is 2. The van der Waals surface area contributed by atoms with Crippen LogP contribution in [0.15, 0.2) is 170 Å². The van der Waals surface area contributed by atoms with Crippen LogP contribution in [0.2, 0.25) is 0 Å². The first-order chi connectivity index (χ1) is 30.2. The summed E-state index contributed by atoms with van der Waals surface area (Å²) in [6.07, 6.45) is 1.18. The first kappa shape index (κ1) is 38.7. The molecule has 10 aromatic rings. The van der Waals surface area contributed by atoms with Crippen molar-refractivity contribution in [1.82, 2.24) is 9.13 Å². The quantitative estimate of drug-likeness (QED) is 0.136. The second-order valence-corrected chi connectivity index (χ2v) is 16.5. The van der Waals surface area contributed by atoms with Crippen molar-refractivity contribution < 1.29 is 19.7 Å². The minimum absolute atomic E-state index is 0.143. The number of aromatic hydroxyl groups is 2. The normalized spacial score (nSPS) is 12.6. The molecule has 0 radical (unpaired) electrons. The monoisotopic (exact) mass is 812 g/mol. The summed E-state index contributed by atoms with van der Waals surface area (Å²) in [6, 6.07) is 57.4. The number of fused-ring (bicyclic) bond motifs is 6. The summed E-state index contributed by atoms with van der Waals surface area (Å²) in [5.74, 6) is 1.82. The van der Waals surface area contributed by atoms with Gasteiger partial charge in [-0.15, -0.1) is 0 Å². The molecule has 6 heteroatoms. The van der Waals surface area contributed by atoms with E-state index in [1.807, 2.05) is 97.1 Å². The topological polar surface area (TPSA) is 68.8 Å². The van der Waals surface area contributed by atoms with E-state index < -0.39 is 0 Å². The molecule has 1 unspecified atom stereocenters. The number of aromatic nitrogens is 2. The molecule has 62 heavy (non-hydrogen) atoms. The van der Waals surface area contributed by atoms with Crippen LogP contribution in [-0.4, -0.2) is 31.6 Å². The van der Waals surface area contributed by atoms with Crippen LogP contribution in [0.5, 0.6) is 23.0 Å². The lowest BCUT2D eigenvalue weighted by molar-refractivity contribution is 0.161. The number of benzene rings is 8. The van der Waals surface area contributed by atoms with Crippen molar-refractivity contribution in [3.63, 3.8) is 0 Å². The van der Waals surface area contributed by atoms with Gasteiger partial charge < -0.3 is 28.8 Å². The molecule has 6 nitrogen and oxygen atoms in total. The van der Waals surface area contributed by atoms with Crippen molar-refractivity contribution in [3.05, 3.63) is 181 Å². The molecule has 8 aromatic carbocycles. The molecule has 0 fully saturated rings. The van der Waals surface area contributed by atoms with Crippen molar-refractivity contribution in [2.45, 2.75) is 52.7 Å². The van der Waals surface area contributed by atoms with E-state index >= 15 is 0 Å². The Morgan fingerprint density at radius 1 is 0.403 bits per heavy atom. The fraction of sp³-hybridized carbons (Fsp3) is 0.143. The van der Waals surface area contributed by atoms with Crippen molar-refractivity contribution in [1.29, 1.82) is 0 Å². The molecule has 0 aliphatic rings. The van der Waals surface area contributed by atoms with Crippen molar-refractivity contribution >= 4 is 43.6 Å². The Morgan fingerprint density at radius 3 is 1.06 bits per heavy atom. The van der Waals surface area contributed by atoms with Gasteiger partial charge in [-0.3, -0.25) is 0 Å². The molecule has 2 aromatic heterocycles. The number of phenols is 2. The van der Waals surface area contributed by atoms with Crippen molar-refractivity contribution in [2.75, 3.05) is 0 Å². The molecule has 0 spiro atoms. The van der Waals surface area contributed by atoms with E-state index in [0.29, 0.717) is 11.5 Å². The third kappa shape index (κ3) is 6.78. The number of aryl methyl sites for hydroxylation is 2. The number of rotatable bonds is 11. The molecular weight excluding hydrogens is 765 g/mol. The molecule has 2 N–H and O–H groups in total. The highest BCUT2D eigenvalue weighted by Gasteiger charge is 2.23. The Bertz CT molecular complexity index is 2970. The van der Waals surface area contributed by atoms with Gasteiger partial charge in [-0.05, 0) is 112 Å². The highest BCUT2D eigenvalue weighted by Crippen LogP contribution is 2.45. The average molecular weight is 813 g/mol. The number of para-hydroxylation sites is 6. The highest BCUT2D eigenvalue weighted by molar-refractivity contribution is 6.10. The molecule has 0 aliphatic carbocycles. The van der Waals surface area contributed by atoms with Gasteiger partial charge in [0.1, 0.15) is 23.0 Å². The minimum Gasteiger partial charge on any atom is -0.505 e. The number of hydrogen-bond acceptors (Lipinski definition) is 4. The van der Waals surface area contributed by atoms with Crippen molar-refractivity contribution in [2.24, 2.45) is 0 Å². The molecule has 0 amide bonds. The lowest BCUT2D eigenvalue weighted by Crippen LogP contribution is -2.18. The smallest absolute Gasteiger partial charge is 0.147 e. The largest absolute Gasteiger partial charge is 0.505 e. The summed E-state index contributed by atoms with van der Waals surface area (Å²) in [5.41, 5.74) is 10.8. The van der Waals surface area contributed by atoms with Crippen LogP contribution in [-0.2, 0) is 0 Å². The fourth-order valence-corrected chi connectivity index (χ4v) is 9.24. The van der Waals surface area contributed by atoms with Gasteiger partial charge in [0.25, 0.3) is 0 Å². The Balaban J connectivity index is 0.896. The zero-order valence-corrected chi connectivity index (χ0v) is 35.3. The summed E-state index contributed by atoms with van der Waals surface area (Å²) < 4.78 is 17.7. The number of hydrogen-bond donors (Lipinski definition) is 2. The Hall–Kier alpha value is -7.44. The van der Waals surface area contributed by atoms with Crippen LogP contribution >= 0.6 is 0 Å². The predicted octanol–water partition coefficient (Wildman–Crippen LogP) is 14.3. The lowest BCUT2D eigenvalue weighted by atomic mass is 9.99. The molecule has 0 bridgehead atoms. The zero-order valence-electron chi connectivity index (χ0n) is 35.3. The van der Waals surface area contributed by atoms with Gasteiger partial charge in [-0.1, -0.05) is 109 Å². The van der Waals surface area contributed by atoms with E-state index in [9.17, 15) is 10.2 Å². The third-order valence-corrected chi connectivity index (χ3v) is 12.1. The maximum Gasteiger partial charge on any atom is 0.147 e. The molecule has 10 rings (SSSR count). The van der Waals surface area contributed by atoms with Gasteiger partial charge in [0.05, 0.1) is 45.6 Å². The maximum atomic E-state index is 12.1. The molecule has 0 saturated heterocycles. The first-order valence-corrected chi connectivity index (χ1v) is 21.4. The van der Waals surface area contributed by atoms with Crippen LogP contribution in [0.3, 0.4) is 0 Å². The predicted molar refractivity (Wildman–Crippen MR) is 255 cm³/mol. The standard InChI is InChI=1S/C56H48N2O4/c1-35-31-45(55(59)51(33-35)57-47-23-11-5-17-39(47)40-18-6-12-24-48(40)57)43-21-9-15-27-53(43)61-37(3)29-30-38(4)62-54-28-16-10-22-44(54)46-32-36(2)34-52(56(46)60)58-49-25-13-7-19-41(49)42-20-8-14-26-50(42)58/h5-28,31-34,37-38,59-60H,29-30H2,1-4H3/t37-,38?/m1/s1. The second kappa shape index (κ2) is 15.9. The summed E-state index contributed by atoms with van der Waals surface area (Å²) in [7, 11) is 0. The minimum atomic E-state index is -0.143. The van der Waals surface area contributed by atoms with E-state index in [0.717, 1.165) is 101 Å². The molecule has 0 aliphatic heterocycles. The molecule has 2 heterocycles. The van der Waals surface area contributed by atoms with E-state index in [1.165, 1.54) is 0 Å². The Morgan fingerprint density at radius 2 is 0.710 bits per heavy atom. The lowest BCUT2D eigenvalue weighted by Gasteiger charge is -2.22. The Labute approximate surface area is 361 Å². The molecule has 306 valence electrons. The highest BCUT2D eigenvalue weighted by atomic mass is 16.5. The van der Waals surface area contributed by atoms with Crippen LogP contribution in [0.4, 0.5) is 0 Å². The van der Waals surface area contributed by atoms with Gasteiger partial charge in [-0.25, -0.2) is 0 Å². The van der Waals surface area contributed by atoms with Gasteiger partial charge in [-0.2, -0.15) is 0 Å². The zero-order chi connectivity index (χ0) is 42.5.